The number of rotatable bonds is 6. The molecule has 0 atom stereocenters. The summed E-state index contributed by atoms with van der Waals surface area (Å²) in [6, 6.07) is 15.5. The summed E-state index contributed by atoms with van der Waals surface area (Å²) in [5, 5.41) is 11.8. The van der Waals surface area contributed by atoms with E-state index in [2.05, 4.69) is 25.5 Å². The minimum atomic E-state index is -0.484. The number of pyridine rings is 1. The maximum Gasteiger partial charge on any atom is 0.251 e. The van der Waals surface area contributed by atoms with E-state index in [4.69, 9.17) is 17.3 Å². The van der Waals surface area contributed by atoms with Crippen molar-refractivity contribution < 1.29 is 4.79 Å². The lowest BCUT2D eigenvalue weighted by Gasteiger charge is -2.11. The molecule has 168 valence electrons. The van der Waals surface area contributed by atoms with Crippen molar-refractivity contribution in [3.63, 3.8) is 0 Å². The van der Waals surface area contributed by atoms with Gasteiger partial charge < -0.3 is 15.3 Å². The van der Waals surface area contributed by atoms with Crippen molar-refractivity contribution in [3.8, 4) is 28.1 Å². The number of H-pyrrole nitrogens is 1. The Bertz CT molecular complexity index is 1540. The summed E-state index contributed by atoms with van der Waals surface area (Å²) in [5.41, 5.74) is 9.23. The molecule has 0 saturated carbocycles. The van der Waals surface area contributed by atoms with Crippen LogP contribution in [0.25, 0.3) is 28.1 Å². The van der Waals surface area contributed by atoms with Crippen LogP contribution >= 0.6 is 11.6 Å². The molecule has 34 heavy (non-hydrogen) atoms. The molecule has 5 rings (SSSR count). The van der Waals surface area contributed by atoms with E-state index in [0.717, 1.165) is 16.8 Å². The maximum absolute atomic E-state index is 12.9. The van der Waals surface area contributed by atoms with Gasteiger partial charge in [-0.05, 0) is 58.0 Å². The molecule has 3 aromatic heterocycles. The van der Waals surface area contributed by atoms with E-state index in [1.165, 1.54) is 17.1 Å². The molecule has 0 fully saturated rings. The van der Waals surface area contributed by atoms with Crippen molar-refractivity contribution >= 4 is 17.5 Å². The quantitative estimate of drug-likeness (QED) is 0.389. The number of tetrazole rings is 1. The summed E-state index contributed by atoms with van der Waals surface area (Å²) in [4.78, 5) is 31.7. The van der Waals surface area contributed by atoms with Crippen LogP contribution in [-0.2, 0) is 6.54 Å². The van der Waals surface area contributed by atoms with Gasteiger partial charge in [0.1, 0.15) is 12.2 Å². The van der Waals surface area contributed by atoms with E-state index >= 15 is 0 Å². The molecule has 0 aliphatic carbocycles. The second kappa shape index (κ2) is 8.75. The highest BCUT2D eigenvalue weighted by Gasteiger charge is 2.12. The van der Waals surface area contributed by atoms with Gasteiger partial charge in [-0.3, -0.25) is 9.59 Å². The minimum Gasteiger partial charge on any atom is -0.366 e. The zero-order valence-electron chi connectivity index (χ0n) is 17.6. The highest BCUT2D eigenvalue weighted by Crippen LogP contribution is 2.28. The van der Waals surface area contributed by atoms with Gasteiger partial charge in [0.15, 0.2) is 0 Å². The van der Waals surface area contributed by atoms with Crippen molar-refractivity contribution in [1.82, 2.24) is 34.7 Å². The number of hydrogen-bond acceptors (Lipinski definition) is 6. The molecule has 0 saturated heterocycles. The molecule has 0 aliphatic heterocycles. The summed E-state index contributed by atoms with van der Waals surface area (Å²) in [7, 11) is 0. The van der Waals surface area contributed by atoms with Crippen LogP contribution in [0.1, 0.15) is 16.2 Å². The van der Waals surface area contributed by atoms with Gasteiger partial charge in [0.05, 0.1) is 24.1 Å². The molecule has 10 nitrogen and oxygen atoms in total. The molecule has 0 aliphatic rings. The number of benzene rings is 2. The molecule has 0 unspecified atom stereocenters. The number of hydrogen-bond donors (Lipinski definition) is 2. The van der Waals surface area contributed by atoms with E-state index in [9.17, 15) is 9.59 Å². The summed E-state index contributed by atoms with van der Waals surface area (Å²) >= 11 is 6.20. The number of aromatic amines is 1. The molecule has 11 heteroatoms. The van der Waals surface area contributed by atoms with E-state index in [1.54, 1.807) is 59.4 Å². The van der Waals surface area contributed by atoms with Crippen LogP contribution in [0, 0.1) is 0 Å². The van der Waals surface area contributed by atoms with Crippen molar-refractivity contribution in [1.29, 1.82) is 0 Å². The fourth-order valence-corrected chi connectivity index (χ4v) is 3.75. The fraction of sp³-hybridized carbons (Fsp3) is 0.0435. The van der Waals surface area contributed by atoms with Crippen molar-refractivity contribution in [2.75, 3.05) is 0 Å². The Kier molecular flexibility index (Phi) is 5.48. The first kappa shape index (κ1) is 21.3. The summed E-state index contributed by atoms with van der Waals surface area (Å²) < 4.78 is 3.06. The minimum absolute atomic E-state index is 0.205. The van der Waals surface area contributed by atoms with Gasteiger partial charge in [-0.2, -0.15) is 4.68 Å². The zero-order valence-corrected chi connectivity index (χ0v) is 18.3. The van der Waals surface area contributed by atoms with Crippen LogP contribution in [0.3, 0.4) is 0 Å². The molecule has 3 N–H and O–H groups in total. The van der Waals surface area contributed by atoms with E-state index < -0.39 is 5.91 Å². The Hall–Kier alpha value is -4.57. The topological polar surface area (TPSA) is 137 Å². The predicted octanol–water partition coefficient (Wildman–Crippen LogP) is 2.68. The molecule has 0 bridgehead atoms. The Labute approximate surface area is 197 Å². The van der Waals surface area contributed by atoms with Crippen LogP contribution in [0.4, 0.5) is 0 Å². The average molecular weight is 473 g/mol. The van der Waals surface area contributed by atoms with Gasteiger partial charge in [0.2, 0.25) is 5.91 Å². The lowest BCUT2D eigenvalue weighted by atomic mass is 10.0. The summed E-state index contributed by atoms with van der Waals surface area (Å²) in [6.07, 6.45) is 4.86. The van der Waals surface area contributed by atoms with Crippen molar-refractivity contribution in [2.24, 2.45) is 5.73 Å². The standard InChI is InChI=1S/C23H17ClN8O2/c24-17-5-6-20(32-13-27-29-30-32)18(10-17)16-7-8-31(22(33)9-16)12-21-26-11-19(28-21)14-1-3-15(4-2-14)23(25)34/h1-11,13H,12H2,(H2,25,34)(H,26,28). The average Bonchev–Trinajstić information content (AvgIpc) is 3.53. The number of primary amides is 1. The Balaban J connectivity index is 1.41. The number of imidazole rings is 1. The first-order chi connectivity index (χ1) is 16.5. The highest BCUT2D eigenvalue weighted by molar-refractivity contribution is 6.31. The largest absolute Gasteiger partial charge is 0.366 e. The Morgan fingerprint density at radius 2 is 1.88 bits per heavy atom. The number of nitrogens with one attached hydrogen (secondary N) is 1. The van der Waals surface area contributed by atoms with Gasteiger partial charge in [-0.1, -0.05) is 23.7 Å². The lowest BCUT2D eigenvalue weighted by Crippen LogP contribution is -2.19. The van der Waals surface area contributed by atoms with Gasteiger partial charge in [0.25, 0.3) is 5.56 Å². The number of halogens is 1. The smallest absolute Gasteiger partial charge is 0.251 e. The first-order valence-corrected chi connectivity index (χ1v) is 10.5. The first-order valence-electron chi connectivity index (χ1n) is 10.2. The van der Waals surface area contributed by atoms with Crippen LogP contribution in [0.5, 0.6) is 0 Å². The van der Waals surface area contributed by atoms with Gasteiger partial charge in [0, 0.05) is 28.4 Å². The number of nitrogens with two attached hydrogens (primary N) is 1. The molecule has 1 amide bonds. The molecular formula is C23H17ClN8O2. The van der Waals surface area contributed by atoms with E-state index in [1.807, 2.05) is 6.07 Å². The zero-order chi connectivity index (χ0) is 23.7. The Morgan fingerprint density at radius 1 is 1.06 bits per heavy atom. The third kappa shape index (κ3) is 4.21. The Morgan fingerprint density at radius 3 is 2.59 bits per heavy atom. The monoisotopic (exact) mass is 472 g/mol. The van der Waals surface area contributed by atoms with E-state index in [0.29, 0.717) is 27.7 Å². The molecule has 0 radical (unpaired) electrons. The molecule has 5 aromatic rings. The highest BCUT2D eigenvalue weighted by atomic mass is 35.5. The van der Waals surface area contributed by atoms with Crippen molar-refractivity contribution in [3.05, 3.63) is 100 Å². The summed E-state index contributed by atoms with van der Waals surface area (Å²) in [6.45, 7) is 0.258. The van der Waals surface area contributed by atoms with Crippen LogP contribution in [0.15, 0.2) is 78.1 Å². The van der Waals surface area contributed by atoms with Crippen LogP contribution in [-0.4, -0.2) is 40.6 Å². The third-order valence-corrected chi connectivity index (χ3v) is 5.53. The van der Waals surface area contributed by atoms with E-state index in [-0.39, 0.29) is 12.1 Å². The number of carbonyl (C=O) groups excluding carboxylic acids is 1. The molecule has 3 heterocycles. The maximum atomic E-state index is 12.9. The summed E-state index contributed by atoms with van der Waals surface area (Å²) in [5.74, 6) is 0.128. The van der Waals surface area contributed by atoms with Crippen LogP contribution < -0.4 is 11.3 Å². The normalized spacial score (nSPS) is 11.0. The second-order valence-electron chi connectivity index (χ2n) is 7.48. The SMILES string of the molecule is NC(=O)c1ccc(-c2cnc(Cn3ccc(-c4cc(Cl)ccc4-n4cnnn4)cc3=O)[nH]2)cc1. The number of amides is 1. The third-order valence-electron chi connectivity index (χ3n) is 5.29. The second-order valence-corrected chi connectivity index (χ2v) is 7.92. The van der Waals surface area contributed by atoms with Gasteiger partial charge in [-0.15, -0.1) is 5.10 Å². The molecular weight excluding hydrogens is 456 g/mol. The number of aromatic nitrogens is 7. The van der Waals surface area contributed by atoms with Crippen LogP contribution in [0.2, 0.25) is 5.02 Å². The molecule has 0 spiro atoms. The molecule has 2 aromatic carbocycles. The van der Waals surface area contributed by atoms with Crippen molar-refractivity contribution in [2.45, 2.75) is 6.54 Å². The number of nitrogens with zero attached hydrogens (tertiary/aromatic N) is 6. The fourth-order valence-electron chi connectivity index (χ4n) is 3.58. The van der Waals surface area contributed by atoms with Gasteiger partial charge in [-0.25, -0.2) is 4.98 Å². The van der Waals surface area contributed by atoms with Gasteiger partial charge >= 0.3 is 0 Å². The lowest BCUT2D eigenvalue weighted by molar-refractivity contribution is 0.100. The predicted molar refractivity (Wildman–Crippen MR) is 126 cm³/mol. The number of carbonyl (C=O) groups is 1.